The van der Waals surface area contributed by atoms with Gasteiger partial charge in [0.25, 0.3) is 0 Å². The lowest BCUT2D eigenvalue weighted by molar-refractivity contribution is 0.256. The molecule has 12 heavy (non-hydrogen) atoms. The lowest BCUT2D eigenvalue weighted by Gasteiger charge is -1.65. The number of nitrogens with zero attached hydrogens (tertiary/aromatic N) is 6. The van der Waals surface area contributed by atoms with Crippen molar-refractivity contribution in [3.05, 3.63) is 20.9 Å². The summed E-state index contributed by atoms with van der Waals surface area (Å²) >= 11 is 0. The summed E-state index contributed by atoms with van der Waals surface area (Å²) in [5.41, 5.74) is 20.3. The summed E-state index contributed by atoms with van der Waals surface area (Å²) < 4.78 is 0. The van der Waals surface area contributed by atoms with Crippen LogP contribution in [-0.2, 0) is 0 Å². The van der Waals surface area contributed by atoms with Gasteiger partial charge in [-0.05, 0) is 34.1 Å². The van der Waals surface area contributed by atoms with Gasteiger partial charge in [-0.15, -0.1) is 0 Å². The van der Waals surface area contributed by atoms with Crippen LogP contribution in [0.3, 0.4) is 0 Å². The van der Waals surface area contributed by atoms with Crippen LogP contribution in [0.25, 0.3) is 20.9 Å². The van der Waals surface area contributed by atoms with Gasteiger partial charge in [-0.3, -0.25) is 4.79 Å². The standard InChI is InChI=1S/C3H7N.CN6O/c4-3-1-2-3;2-6-4-1(8)5-7-3/h3H,1-2,4H2;. The van der Waals surface area contributed by atoms with Crippen LogP contribution < -0.4 is 5.73 Å². The maximum absolute atomic E-state index is 9.80. The summed E-state index contributed by atoms with van der Waals surface area (Å²) in [6.07, 6.45) is 2.53. The smallest absolute Gasteiger partial charge is 0.305 e. The molecule has 0 spiro atoms. The van der Waals surface area contributed by atoms with Crippen LogP contribution in [0.1, 0.15) is 12.8 Å². The third-order valence-corrected chi connectivity index (χ3v) is 0.883. The van der Waals surface area contributed by atoms with Crippen LogP contribution >= 0.6 is 0 Å². The largest absolute Gasteiger partial charge is 0.328 e. The molecule has 0 aromatic heterocycles. The van der Waals surface area contributed by atoms with Gasteiger partial charge in [0.05, 0.1) is 0 Å². The highest BCUT2D eigenvalue weighted by molar-refractivity contribution is 5.75. The predicted octanol–water partition coefficient (Wildman–Crippen LogP) is 1.83. The minimum absolute atomic E-state index is 0.583. The molecule has 8 nitrogen and oxygen atoms in total. The van der Waals surface area contributed by atoms with Crippen molar-refractivity contribution in [3.63, 3.8) is 0 Å². The molecule has 0 aliphatic heterocycles. The molecule has 0 bridgehead atoms. The van der Waals surface area contributed by atoms with E-state index in [9.17, 15) is 4.79 Å². The zero-order valence-electron chi connectivity index (χ0n) is 6.16. The van der Waals surface area contributed by atoms with Crippen molar-refractivity contribution < 1.29 is 4.79 Å². The van der Waals surface area contributed by atoms with E-state index in [1.54, 1.807) is 0 Å². The Kier molecular flexibility index (Phi) is 5.12. The quantitative estimate of drug-likeness (QED) is 0.335. The first-order valence-electron chi connectivity index (χ1n) is 3.10. The van der Waals surface area contributed by atoms with E-state index in [2.05, 4.69) is 20.1 Å². The molecule has 2 N–H and O–H groups in total. The fraction of sp³-hybridized carbons (Fsp3) is 0.750. The summed E-state index contributed by atoms with van der Waals surface area (Å²) in [6, 6.07) is -0.588. The van der Waals surface area contributed by atoms with Crippen molar-refractivity contribution in [3.8, 4) is 0 Å². The van der Waals surface area contributed by atoms with Crippen molar-refractivity contribution >= 4 is 6.03 Å². The zero-order valence-corrected chi connectivity index (χ0v) is 6.16. The van der Waals surface area contributed by atoms with E-state index in [0.29, 0.717) is 6.04 Å². The lowest BCUT2D eigenvalue weighted by Crippen LogP contribution is -1.94. The Morgan fingerprint density at radius 2 is 1.67 bits per heavy atom. The Balaban J connectivity index is 0.000000247. The second kappa shape index (κ2) is 5.99. The minimum Gasteiger partial charge on any atom is -0.328 e. The van der Waals surface area contributed by atoms with Crippen molar-refractivity contribution in [1.29, 1.82) is 0 Å². The number of carbonyl (C=O) groups excluding carboxylic acids is 1. The zero-order chi connectivity index (χ0) is 9.40. The molecule has 2 amide bonds. The van der Waals surface area contributed by atoms with Gasteiger partial charge in [0.15, 0.2) is 0 Å². The second-order valence-corrected chi connectivity index (χ2v) is 2.00. The van der Waals surface area contributed by atoms with E-state index in [-0.39, 0.29) is 0 Å². The van der Waals surface area contributed by atoms with Gasteiger partial charge in [-0.2, -0.15) is 0 Å². The molecule has 8 heteroatoms. The molecule has 0 atom stereocenters. The highest BCUT2D eigenvalue weighted by Gasteiger charge is 2.13. The van der Waals surface area contributed by atoms with Gasteiger partial charge < -0.3 is 5.73 Å². The van der Waals surface area contributed by atoms with E-state index in [0.717, 1.165) is 0 Å². The molecule has 1 rings (SSSR count). The Hall–Kier alpha value is -1.75. The van der Waals surface area contributed by atoms with Gasteiger partial charge in [-0.25, -0.2) is 0 Å². The van der Waals surface area contributed by atoms with Crippen LogP contribution in [0.2, 0.25) is 0 Å². The molecule has 1 saturated carbocycles. The van der Waals surface area contributed by atoms with Crippen molar-refractivity contribution in [1.82, 2.24) is 0 Å². The third-order valence-electron chi connectivity index (χ3n) is 0.883. The normalized spacial score (nSPS) is 12.8. The van der Waals surface area contributed by atoms with Gasteiger partial charge in [0.1, 0.15) is 0 Å². The highest BCUT2D eigenvalue weighted by Crippen LogP contribution is 2.13. The predicted molar refractivity (Wildman–Crippen MR) is 40.9 cm³/mol. The maximum Gasteiger partial charge on any atom is 0.305 e. The molecule has 1 aliphatic rings. The van der Waals surface area contributed by atoms with E-state index in [1.165, 1.54) is 12.8 Å². The molecule has 0 aromatic rings. The molecule has 1 aliphatic carbocycles. The average Bonchev–Trinajstić information content (AvgIpc) is 2.74. The summed E-state index contributed by atoms with van der Waals surface area (Å²) in [4.78, 5) is 13.9. The van der Waals surface area contributed by atoms with E-state index >= 15 is 0 Å². The van der Waals surface area contributed by atoms with Gasteiger partial charge >= 0.3 is 6.03 Å². The van der Waals surface area contributed by atoms with Crippen molar-refractivity contribution in [2.24, 2.45) is 16.0 Å². The Morgan fingerprint density at radius 3 is 1.83 bits per heavy atom. The monoisotopic (exact) mass is 169 g/mol. The number of rotatable bonds is 0. The van der Waals surface area contributed by atoms with E-state index in [4.69, 9.17) is 16.8 Å². The Bertz CT molecular complexity index is 224. The fourth-order valence-electron chi connectivity index (χ4n) is 0.193. The first kappa shape index (κ1) is 10.2. The molecule has 0 saturated heterocycles. The van der Waals surface area contributed by atoms with Crippen LogP contribution in [0.15, 0.2) is 10.2 Å². The summed E-state index contributed by atoms with van der Waals surface area (Å²) in [5, 5.41) is 4.87. The van der Waals surface area contributed by atoms with Crippen molar-refractivity contribution in [2.75, 3.05) is 0 Å². The Morgan fingerprint density at radius 1 is 1.33 bits per heavy atom. The number of carbonyl (C=O) groups is 1. The number of hydrogen-bond acceptors (Lipinski definition) is 2. The van der Waals surface area contributed by atoms with Crippen LogP contribution in [0, 0.1) is 0 Å². The summed E-state index contributed by atoms with van der Waals surface area (Å²) in [5.74, 6) is 0. The molecular weight excluding hydrogens is 162 g/mol. The third kappa shape index (κ3) is 8.25. The van der Waals surface area contributed by atoms with Crippen molar-refractivity contribution in [2.45, 2.75) is 18.9 Å². The summed E-state index contributed by atoms with van der Waals surface area (Å²) in [6.45, 7) is 0. The van der Waals surface area contributed by atoms with Gasteiger partial charge in [-0.1, -0.05) is 0 Å². The number of azide groups is 1. The molecule has 1 fully saturated rings. The minimum atomic E-state index is -1.17. The number of urea groups is 1. The number of nitrogens with two attached hydrogens (primary N) is 1. The Labute approximate surface area is 67.6 Å². The molecule has 0 aromatic carbocycles. The fourth-order valence-corrected chi connectivity index (χ4v) is 0.193. The molecule has 0 unspecified atom stereocenters. The van der Waals surface area contributed by atoms with Crippen LogP contribution in [0.5, 0.6) is 0 Å². The van der Waals surface area contributed by atoms with Gasteiger partial charge in [0, 0.05) is 15.9 Å². The van der Waals surface area contributed by atoms with E-state index in [1.807, 2.05) is 0 Å². The second-order valence-electron chi connectivity index (χ2n) is 2.00. The average molecular weight is 169 g/mol. The van der Waals surface area contributed by atoms with Crippen LogP contribution in [-0.4, -0.2) is 12.1 Å². The number of amides is 2. The SMILES string of the molecule is NC1CC1.[N-]=[N+]=NC(=O)N=[N+]=[N-]. The topological polar surface area (TPSA) is 141 Å². The maximum atomic E-state index is 9.80. The molecule has 0 heterocycles. The first-order chi connectivity index (χ1) is 5.70. The first-order valence-corrected chi connectivity index (χ1v) is 3.10. The molecular formula is C4H7N7O. The lowest BCUT2D eigenvalue weighted by atomic mass is 10.8. The number of hydrogen-bond donors (Lipinski definition) is 1. The molecule has 64 valence electrons. The molecule has 0 radical (unpaired) electrons. The highest BCUT2D eigenvalue weighted by atomic mass is 16.2. The van der Waals surface area contributed by atoms with E-state index < -0.39 is 6.03 Å². The van der Waals surface area contributed by atoms with Crippen LogP contribution in [0.4, 0.5) is 4.79 Å². The summed E-state index contributed by atoms with van der Waals surface area (Å²) in [7, 11) is 0. The van der Waals surface area contributed by atoms with Gasteiger partial charge in [0.2, 0.25) is 0 Å².